The van der Waals surface area contributed by atoms with Crippen molar-refractivity contribution < 1.29 is 9.05 Å². The molecule has 0 spiro atoms. The quantitative estimate of drug-likeness (QED) is 0.572. The van der Waals surface area contributed by atoms with E-state index in [9.17, 15) is 0 Å². The van der Waals surface area contributed by atoms with E-state index in [-0.39, 0.29) is 5.41 Å². The van der Waals surface area contributed by atoms with Crippen molar-refractivity contribution in [2.75, 3.05) is 13.2 Å². The van der Waals surface area contributed by atoms with Gasteiger partial charge in [-0.25, -0.2) is 0 Å². The summed E-state index contributed by atoms with van der Waals surface area (Å²) in [5, 5.41) is 0. The van der Waals surface area contributed by atoms with Crippen LogP contribution in [-0.2, 0) is 9.05 Å². The monoisotopic (exact) mass is 176 g/mol. The lowest BCUT2D eigenvalue weighted by molar-refractivity contribution is 0.0598. The smallest absolute Gasteiger partial charge is 0.173 e. The molecule has 0 bridgehead atoms. The zero-order valence-corrected chi connectivity index (χ0v) is 8.65. The highest BCUT2D eigenvalue weighted by atomic mass is 31.2. The van der Waals surface area contributed by atoms with Crippen LogP contribution in [0.1, 0.15) is 27.7 Å². The molecular formula is C8H17O2P. The van der Waals surface area contributed by atoms with Gasteiger partial charge in [0, 0.05) is 11.1 Å². The molecule has 3 heteroatoms. The van der Waals surface area contributed by atoms with Crippen LogP contribution < -0.4 is 0 Å². The minimum Gasteiger partial charge on any atom is -0.333 e. The van der Waals surface area contributed by atoms with Crippen molar-refractivity contribution in [1.82, 2.24) is 0 Å². The topological polar surface area (TPSA) is 18.5 Å². The van der Waals surface area contributed by atoms with E-state index < -0.39 is 8.38 Å². The Balaban J connectivity index is 2.36. The maximum Gasteiger partial charge on any atom is 0.173 e. The van der Waals surface area contributed by atoms with Crippen molar-refractivity contribution in [2.45, 2.75) is 33.4 Å². The van der Waals surface area contributed by atoms with E-state index >= 15 is 0 Å². The highest BCUT2D eigenvalue weighted by molar-refractivity contribution is 7.48. The molecular weight excluding hydrogens is 159 g/mol. The van der Waals surface area contributed by atoms with E-state index in [1.165, 1.54) is 0 Å². The van der Waals surface area contributed by atoms with E-state index in [0.29, 0.717) is 5.66 Å². The summed E-state index contributed by atoms with van der Waals surface area (Å²) < 4.78 is 11.2. The first-order valence-electron chi connectivity index (χ1n) is 4.06. The number of hydrogen-bond donors (Lipinski definition) is 0. The predicted molar refractivity (Wildman–Crippen MR) is 47.7 cm³/mol. The Labute approximate surface area is 70.2 Å². The molecule has 0 radical (unpaired) electrons. The highest BCUT2D eigenvalue weighted by Gasteiger charge is 2.30. The standard InChI is InChI=1S/C8H17O2P/c1-7(2)11-9-5-8(3,4)6-10-11/h7H,5-6H2,1-4H3. The van der Waals surface area contributed by atoms with Gasteiger partial charge < -0.3 is 9.05 Å². The third-order valence-electron chi connectivity index (χ3n) is 1.59. The third kappa shape index (κ3) is 2.70. The lowest BCUT2D eigenvalue weighted by Gasteiger charge is -2.35. The second-order valence-corrected chi connectivity index (χ2v) is 6.21. The molecule has 1 aliphatic heterocycles. The van der Waals surface area contributed by atoms with Crippen LogP contribution in [0.5, 0.6) is 0 Å². The van der Waals surface area contributed by atoms with Gasteiger partial charge in [0.25, 0.3) is 0 Å². The maximum atomic E-state index is 5.60. The van der Waals surface area contributed by atoms with Crippen LogP contribution in [0.4, 0.5) is 0 Å². The lowest BCUT2D eigenvalue weighted by atomic mass is 9.97. The Kier molecular flexibility index (Phi) is 2.90. The van der Waals surface area contributed by atoms with Crippen LogP contribution in [0.25, 0.3) is 0 Å². The van der Waals surface area contributed by atoms with Crippen molar-refractivity contribution in [3.05, 3.63) is 0 Å². The molecule has 1 heterocycles. The van der Waals surface area contributed by atoms with Crippen molar-refractivity contribution in [3.63, 3.8) is 0 Å². The molecule has 11 heavy (non-hydrogen) atoms. The Morgan fingerprint density at radius 2 is 1.64 bits per heavy atom. The van der Waals surface area contributed by atoms with Crippen LogP contribution in [0.2, 0.25) is 0 Å². The summed E-state index contributed by atoms with van der Waals surface area (Å²) in [6.45, 7) is 10.3. The zero-order valence-electron chi connectivity index (χ0n) is 7.76. The van der Waals surface area contributed by atoms with E-state index in [1.807, 2.05) is 0 Å². The normalized spacial score (nSPS) is 25.9. The number of hydrogen-bond acceptors (Lipinski definition) is 2. The van der Waals surface area contributed by atoms with Gasteiger partial charge in [0.1, 0.15) is 0 Å². The predicted octanol–water partition coefficient (Wildman–Crippen LogP) is 2.78. The van der Waals surface area contributed by atoms with Gasteiger partial charge >= 0.3 is 0 Å². The van der Waals surface area contributed by atoms with Crippen LogP contribution >= 0.6 is 8.38 Å². The van der Waals surface area contributed by atoms with Crippen LogP contribution in [0.3, 0.4) is 0 Å². The van der Waals surface area contributed by atoms with Gasteiger partial charge in [-0.2, -0.15) is 0 Å². The van der Waals surface area contributed by atoms with E-state index in [1.54, 1.807) is 0 Å². The molecule has 1 fully saturated rings. The summed E-state index contributed by atoms with van der Waals surface area (Å²) in [5.74, 6) is 0. The van der Waals surface area contributed by atoms with Gasteiger partial charge in [0.15, 0.2) is 8.38 Å². The van der Waals surface area contributed by atoms with Crippen molar-refractivity contribution in [3.8, 4) is 0 Å². The zero-order chi connectivity index (χ0) is 8.48. The van der Waals surface area contributed by atoms with Crippen molar-refractivity contribution in [2.24, 2.45) is 5.41 Å². The average Bonchev–Trinajstić information content (AvgIpc) is 1.86. The van der Waals surface area contributed by atoms with E-state index in [2.05, 4.69) is 27.7 Å². The second-order valence-electron chi connectivity index (χ2n) is 4.09. The van der Waals surface area contributed by atoms with Gasteiger partial charge in [0.2, 0.25) is 0 Å². The summed E-state index contributed by atoms with van der Waals surface area (Å²) >= 11 is 0. The van der Waals surface area contributed by atoms with Crippen LogP contribution in [0, 0.1) is 5.41 Å². The summed E-state index contributed by atoms with van der Waals surface area (Å²) in [5.41, 5.74) is 0.745. The molecule has 0 amide bonds. The Hall–Kier alpha value is 0.350. The Bertz CT molecular complexity index is 124. The first-order chi connectivity index (χ1) is 5.01. The molecule has 1 aliphatic rings. The lowest BCUT2D eigenvalue weighted by Crippen LogP contribution is -2.29. The fourth-order valence-corrected chi connectivity index (χ4v) is 2.48. The first-order valence-corrected chi connectivity index (χ1v) is 5.31. The molecule has 2 nitrogen and oxygen atoms in total. The Morgan fingerprint density at radius 1 is 1.18 bits per heavy atom. The minimum atomic E-state index is -0.589. The van der Waals surface area contributed by atoms with Gasteiger partial charge in [-0.1, -0.05) is 27.7 Å². The first kappa shape index (κ1) is 9.44. The molecule has 0 aromatic carbocycles. The molecule has 0 aromatic heterocycles. The SMILES string of the molecule is CC(C)P1OCC(C)(C)CO1. The fraction of sp³-hybridized carbons (Fsp3) is 1.00. The van der Waals surface area contributed by atoms with Gasteiger partial charge in [-0.15, -0.1) is 0 Å². The molecule has 0 unspecified atom stereocenters. The molecule has 1 saturated heterocycles. The Morgan fingerprint density at radius 3 is 2.00 bits per heavy atom. The average molecular weight is 176 g/mol. The summed E-state index contributed by atoms with van der Waals surface area (Å²) in [6, 6.07) is 0. The van der Waals surface area contributed by atoms with Crippen LogP contribution in [-0.4, -0.2) is 18.9 Å². The fourth-order valence-electron chi connectivity index (χ4n) is 0.854. The summed E-state index contributed by atoms with van der Waals surface area (Å²) in [6.07, 6.45) is 0. The third-order valence-corrected chi connectivity index (χ3v) is 3.20. The van der Waals surface area contributed by atoms with Gasteiger partial charge in [-0.05, 0) is 0 Å². The maximum absolute atomic E-state index is 5.60. The molecule has 0 saturated carbocycles. The van der Waals surface area contributed by atoms with Crippen molar-refractivity contribution >= 4 is 8.38 Å². The van der Waals surface area contributed by atoms with Crippen LogP contribution in [0.15, 0.2) is 0 Å². The van der Waals surface area contributed by atoms with Gasteiger partial charge in [-0.3, -0.25) is 0 Å². The van der Waals surface area contributed by atoms with Gasteiger partial charge in [0.05, 0.1) is 13.2 Å². The number of rotatable bonds is 1. The van der Waals surface area contributed by atoms with E-state index in [4.69, 9.17) is 9.05 Å². The molecule has 0 aliphatic carbocycles. The minimum absolute atomic E-state index is 0.216. The van der Waals surface area contributed by atoms with E-state index in [0.717, 1.165) is 13.2 Å². The second kappa shape index (κ2) is 3.38. The molecule has 0 aromatic rings. The largest absolute Gasteiger partial charge is 0.333 e. The summed E-state index contributed by atoms with van der Waals surface area (Å²) in [7, 11) is -0.589. The molecule has 0 atom stereocenters. The molecule has 66 valence electrons. The highest BCUT2D eigenvalue weighted by Crippen LogP contribution is 2.49. The van der Waals surface area contributed by atoms with Crippen molar-refractivity contribution in [1.29, 1.82) is 0 Å². The molecule has 1 rings (SSSR count). The summed E-state index contributed by atoms with van der Waals surface area (Å²) in [4.78, 5) is 0. The molecule has 0 N–H and O–H groups in total.